The van der Waals surface area contributed by atoms with Crippen LogP contribution < -0.4 is 0 Å². The van der Waals surface area contributed by atoms with Gasteiger partial charge in [-0.3, -0.25) is 0 Å². The maximum Gasteiger partial charge on any atom is 0.331 e. The summed E-state index contributed by atoms with van der Waals surface area (Å²) in [5, 5.41) is 94.4. The fraction of sp³-hybridized carbons (Fsp3) is 0.821. The number of hydrogen-bond acceptors (Lipinski definition) is 20. The smallest absolute Gasteiger partial charge is 0.331 e. The van der Waals surface area contributed by atoms with Crippen LogP contribution in [0, 0.1) is 47.3 Å². The minimum Gasteiger partial charge on any atom is -0.458 e. The maximum absolute atomic E-state index is 13.9. The monoisotopic (exact) mass is 1390 g/mol. The Morgan fingerprint density at radius 2 is 0.806 bits per heavy atom. The second-order valence-corrected chi connectivity index (χ2v) is 30.3. The van der Waals surface area contributed by atoms with Crippen molar-refractivity contribution in [1.29, 1.82) is 0 Å². The minimum atomic E-state index is -1.16. The quantitative estimate of drug-likeness (QED) is 0.0527. The number of rotatable bonds is 16. The molecule has 0 aromatic heterocycles. The molecule has 5 rings (SSSR count). The molecule has 2 fully saturated rings. The van der Waals surface area contributed by atoms with Gasteiger partial charge in [-0.2, -0.15) is 0 Å². The summed E-state index contributed by atoms with van der Waals surface area (Å²) in [6.07, 6.45) is 14.1. The van der Waals surface area contributed by atoms with Gasteiger partial charge >= 0.3 is 11.9 Å². The molecule has 2 saturated heterocycles. The predicted octanol–water partition coefficient (Wildman–Crippen LogP) is 10.1. The number of allylic oxidation sites excluding steroid dienone is 4. The first-order valence-corrected chi connectivity index (χ1v) is 37.1. The van der Waals surface area contributed by atoms with Crippen LogP contribution in [-0.4, -0.2) is 216 Å². The number of esters is 2. The van der Waals surface area contributed by atoms with Gasteiger partial charge in [0.2, 0.25) is 0 Å². The number of hydrogen-bond donors (Lipinski definition) is 8. The number of aliphatic hydroxyl groups excluding tert-OH is 8. The molecule has 20 heteroatoms. The number of ether oxygens (including phenoxy) is 10. The highest BCUT2D eigenvalue weighted by Crippen LogP contribution is 2.37. The number of fused-ring (bicyclic) bond motifs is 4. The molecule has 0 aromatic rings. The summed E-state index contributed by atoms with van der Waals surface area (Å²) in [4.78, 5) is 27.8. The summed E-state index contributed by atoms with van der Waals surface area (Å²) < 4.78 is 61.3. The van der Waals surface area contributed by atoms with E-state index in [0.29, 0.717) is 62.5 Å². The van der Waals surface area contributed by atoms with Gasteiger partial charge in [-0.1, -0.05) is 115 Å². The number of cyclic esters (lactones) is 2. The molecular weight excluding hydrogens is 1260 g/mol. The Hall–Kier alpha value is -3.26. The molecule has 5 aliphatic heterocycles. The van der Waals surface area contributed by atoms with Crippen LogP contribution in [0.4, 0.5) is 0 Å². The molecule has 5 heterocycles. The van der Waals surface area contributed by atoms with Crippen molar-refractivity contribution in [2.75, 3.05) is 28.4 Å². The van der Waals surface area contributed by atoms with Gasteiger partial charge in [-0.15, -0.1) is 0 Å². The lowest BCUT2D eigenvalue weighted by Crippen LogP contribution is -2.45. The van der Waals surface area contributed by atoms with Gasteiger partial charge in [0.05, 0.1) is 122 Å². The standard InChI is InChI=1S/C78H132O20/c1-45-23-29-57(79)37-59-19-17-21-61(95-59)41-71(91-15)52(8)68(82)44-70(84)54(10)78(56(12)76(88)48(4)28-32-64-40-66(90-14)36-50(6)94-64)98-74(86)34-26-46(2)24-30-58(80)38-60-20-18-22-62(96-60)42-72(92-16)51(7)67(81)43-69(83)53(9)77(97-73(85)33-25-45)55(11)75(87)47(3)27-31-63-39-65(89-13)35-49(5)93-63/h17-20,23-26,33-34,47-72,75-84,87-88H,21-22,27-32,35-44H2,1-16H3/t47-,48-,49-,50-,51-,52-,53-,54-,55-,56-,57-,58-,59-,60+,61-,62-,63-,64-,65+,66+,67-,68-,69+,70+,71-,72-,75-,76-,77-,78-/m0/s1. The second kappa shape index (κ2) is 43.1. The van der Waals surface area contributed by atoms with Crippen molar-refractivity contribution in [3.05, 3.63) is 71.9 Å². The van der Waals surface area contributed by atoms with E-state index in [0.717, 1.165) is 25.7 Å². The Labute approximate surface area is 587 Å². The number of aliphatic hydroxyl groups is 8. The summed E-state index contributed by atoms with van der Waals surface area (Å²) in [5.41, 5.74) is 1.39. The maximum atomic E-state index is 13.9. The Morgan fingerprint density at radius 1 is 0.449 bits per heavy atom. The average molecular weight is 1390 g/mol. The highest BCUT2D eigenvalue weighted by Gasteiger charge is 2.42. The summed E-state index contributed by atoms with van der Waals surface area (Å²) in [7, 11) is 6.58. The van der Waals surface area contributed by atoms with Crippen molar-refractivity contribution in [2.24, 2.45) is 47.3 Å². The largest absolute Gasteiger partial charge is 0.458 e. The molecule has 0 saturated carbocycles. The van der Waals surface area contributed by atoms with Gasteiger partial charge < -0.3 is 88.2 Å². The minimum absolute atomic E-state index is 0.0293. The van der Waals surface area contributed by atoms with Crippen molar-refractivity contribution in [3.8, 4) is 0 Å². The number of carbonyl (C=O) groups excluding carboxylic acids is 2. The van der Waals surface area contributed by atoms with E-state index < -0.39 is 133 Å². The lowest BCUT2D eigenvalue weighted by molar-refractivity contribution is -0.158. The Kier molecular flexibility index (Phi) is 37.6. The zero-order valence-electron chi connectivity index (χ0n) is 62.3. The van der Waals surface area contributed by atoms with Gasteiger partial charge in [0.25, 0.3) is 0 Å². The third-order valence-electron chi connectivity index (χ3n) is 22.3. The molecule has 8 N–H and O–H groups in total. The lowest BCUT2D eigenvalue weighted by atomic mass is 9.78. The van der Waals surface area contributed by atoms with Crippen LogP contribution in [0.3, 0.4) is 0 Å². The van der Waals surface area contributed by atoms with Crippen LogP contribution in [0.2, 0.25) is 0 Å². The van der Waals surface area contributed by atoms with Crippen LogP contribution in [-0.2, 0) is 57.0 Å². The van der Waals surface area contributed by atoms with E-state index in [-0.39, 0.29) is 99.2 Å². The summed E-state index contributed by atoms with van der Waals surface area (Å²) in [6.45, 7) is 22.5. The summed E-state index contributed by atoms with van der Waals surface area (Å²) in [6, 6.07) is 0. The number of methoxy groups -OCH3 is 4. The zero-order chi connectivity index (χ0) is 72.5. The van der Waals surface area contributed by atoms with E-state index in [1.807, 2.05) is 106 Å². The van der Waals surface area contributed by atoms with E-state index in [4.69, 9.17) is 47.4 Å². The average Bonchev–Trinajstić information content (AvgIpc) is 0.853. The molecule has 30 atom stereocenters. The fourth-order valence-corrected chi connectivity index (χ4v) is 15.3. The van der Waals surface area contributed by atoms with Crippen LogP contribution >= 0.6 is 0 Å². The molecule has 0 amide bonds. The van der Waals surface area contributed by atoms with Gasteiger partial charge in [-0.05, 0) is 129 Å². The SMILES string of the molecule is CO[C@H]1C[C@H](CC[C@H](C)[C@H](O)[C@H](C)[C@H]2OC(=O)C=CC(C)=CC[C@H](O)C[C@@H]3C=CC[C@@H](C[C@H](OC)[C@@H](C)[C@@H](O)C[C@@H](O)[C@H](C)[C@@H]([C@@H](C)[C@@H](O)[C@@H](C)CC[C@H]4C[C@H](OC)C[C@H](C)O4)OC(=O)C=CC(C)=CC[C@H](O)C[C@H]4C=CC[C@@H](C[C@H](OC)[C@@H](C)[C@@H](O)C[C@@H](O)[C@@H]2C)O4)O3)O[C@@H](C)C1. The van der Waals surface area contributed by atoms with Crippen LogP contribution in [0.1, 0.15) is 199 Å². The van der Waals surface area contributed by atoms with E-state index in [1.54, 1.807) is 54.4 Å². The predicted molar refractivity (Wildman–Crippen MR) is 377 cm³/mol. The molecular formula is C78H132O20. The molecule has 0 spiro atoms. The highest BCUT2D eigenvalue weighted by atomic mass is 16.6. The lowest BCUT2D eigenvalue weighted by Gasteiger charge is -2.38. The molecule has 564 valence electrons. The van der Waals surface area contributed by atoms with Crippen molar-refractivity contribution < 1.29 is 97.8 Å². The highest BCUT2D eigenvalue weighted by molar-refractivity contribution is 5.83. The van der Waals surface area contributed by atoms with E-state index >= 15 is 0 Å². The topological polar surface area (TPSA) is 288 Å². The zero-order valence-corrected chi connectivity index (χ0v) is 62.3. The Morgan fingerprint density at radius 3 is 1.15 bits per heavy atom. The summed E-state index contributed by atoms with van der Waals surface area (Å²) in [5.74, 6) is -5.50. The first-order valence-electron chi connectivity index (χ1n) is 37.1. The Balaban J connectivity index is 1.36. The first kappa shape index (κ1) is 85.4. The normalized spacial score (nSPS) is 39.3. The van der Waals surface area contributed by atoms with Gasteiger partial charge in [0, 0.05) is 102 Å². The third kappa shape index (κ3) is 28.1. The molecule has 5 aliphatic rings. The van der Waals surface area contributed by atoms with E-state index in [2.05, 4.69) is 0 Å². The van der Waals surface area contributed by atoms with Crippen molar-refractivity contribution in [1.82, 2.24) is 0 Å². The Bertz CT molecular complexity index is 2320. The van der Waals surface area contributed by atoms with Gasteiger partial charge in [0.15, 0.2) is 0 Å². The second-order valence-electron chi connectivity index (χ2n) is 30.3. The van der Waals surface area contributed by atoms with E-state index in [1.165, 1.54) is 12.2 Å². The molecule has 98 heavy (non-hydrogen) atoms. The molecule has 0 radical (unpaired) electrons. The summed E-state index contributed by atoms with van der Waals surface area (Å²) >= 11 is 0. The molecule has 0 aromatic carbocycles. The van der Waals surface area contributed by atoms with Crippen molar-refractivity contribution >= 4 is 11.9 Å². The van der Waals surface area contributed by atoms with E-state index in [9.17, 15) is 50.4 Å². The molecule has 0 aliphatic carbocycles. The van der Waals surface area contributed by atoms with Gasteiger partial charge in [0.1, 0.15) is 12.2 Å². The molecule has 20 nitrogen and oxygen atoms in total. The van der Waals surface area contributed by atoms with Crippen molar-refractivity contribution in [3.63, 3.8) is 0 Å². The van der Waals surface area contributed by atoms with Crippen LogP contribution in [0.15, 0.2) is 71.9 Å². The van der Waals surface area contributed by atoms with Crippen molar-refractivity contribution in [2.45, 2.75) is 333 Å². The first-order chi connectivity index (χ1) is 46.4. The fourth-order valence-electron chi connectivity index (χ4n) is 15.3. The van der Waals surface area contributed by atoms with Crippen LogP contribution in [0.25, 0.3) is 0 Å². The third-order valence-corrected chi connectivity index (χ3v) is 22.3. The molecule has 0 unspecified atom stereocenters. The molecule has 4 bridgehead atoms. The number of carbonyl (C=O) groups is 2. The van der Waals surface area contributed by atoms with Gasteiger partial charge in [-0.25, -0.2) is 9.59 Å². The van der Waals surface area contributed by atoms with Crippen LogP contribution in [0.5, 0.6) is 0 Å².